The Labute approximate surface area is 116 Å². The second-order valence-electron chi connectivity index (χ2n) is 4.45. The summed E-state index contributed by atoms with van der Waals surface area (Å²) in [7, 11) is 0. The number of carbonyl (C=O) groups is 1. The molecular formula is C13H17BrClNO. The van der Waals surface area contributed by atoms with Crippen LogP contribution in [0.4, 0.5) is 0 Å². The molecule has 0 bridgehead atoms. The number of hydrogen-bond donors (Lipinski definition) is 1. The van der Waals surface area contributed by atoms with Crippen LogP contribution in [0.3, 0.4) is 0 Å². The Hall–Kier alpha value is -0.540. The van der Waals surface area contributed by atoms with E-state index in [2.05, 4.69) is 21.2 Å². The maximum atomic E-state index is 11.9. The van der Waals surface area contributed by atoms with Gasteiger partial charge in [-0.2, -0.15) is 0 Å². The van der Waals surface area contributed by atoms with E-state index in [1.807, 2.05) is 39.0 Å². The van der Waals surface area contributed by atoms with E-state index in [1.54, 1.807) is 0 Å². The van der Waals surface area contributed by atoms with Crippen LogP contribution in [-0.2, 0) is 0 Å². The van der Waals surface area contributed by atoms with Crippen LogP contribution in [0.1, 0.15) is 29.8 Å². The van der Waals surface area contributed by atoms with Crippen molar-refractivity contribution < 1.29 is 4.79 Å². The van der Waals surface area contributed by atoms with E-state index in [0.717, 1.165) is 10.0 Å². The molecule has 1 N–H and O–H groups in total. The molecule has 2 nitrogen and oxygen atoms in total. The van der Waals surface area contributed by atoms with Crippen LogP contribution in [0, 0.1) is 12.8 Å². The fraction of sp³-hybridized carbons (Fsp3) is 0.462. The number of nitrogens with one attached hydrogen (secondary N) is 1. The quantitative estimate of drug-likeness (QED) is 0.842. The first-order valence-corrected chi connectivity index (χ1v) is 6.83. The first kappa shape index (κ1) is 14.5. The first-order valence-electron chi connectivity index (χ1n) is 5.60. The van der Waals surface area contributed by atoms with E-state index in [4.69, 9.17) is 11.6 Å². The molecule has 4 heteroatoms. The van der Waals surface area contributed by atoms with Crippen molar-refractivity contribution in [2.75, 3.05) is 6.54 Å². The predicted octanol–water partition coefficient (Wildman–Crippen LogP) is 3.75. The van der Waals surface area contributed by atoms with Gasteiger partial charge >= 0.3 is 0 Å². The van der Waals surface area contributed by atoms with Gasteiger partial charge in [-0.05, 0) is 40.9 Å². The van der Waals surface area contributed by atoms with E-state index < -0.39 is 0 Å². The SMILES string of the molecule is Cc1ccc(Br)c(C(=O)NCC(Cl)C(C)C)c1. The van der Waals surface area contributed by atoms with Gasteiger partial charge in [-0.25, -0.2) is 0 Å². The Morgan fingerprint density at radius 1 is 1.47 bits per heavy atom. The number of amides is 1. The average Bonchev–Trinajstić information content (AvgIpc) is 2.28. The lowest BCUT2D eigenvalue weighted by molar-refractivity contribution is 0.0951. The molecule has 17 heavy (non-hydrogen) atoms. The molecular weight excluding hydrogens is 302 g/mol. The molecule has 1 atom stereocenters. The minimum atomic E-state index is -0.0909. The number of benzene rings is 1. The lowest BCUT2D eigenvalue weighted by atomic mass is 10.1. The van der Waals surface area contributed by atoms with Gasteiger partial charge in [-0.15, -0.1) is 11.6 Å². The normalized spacial score (nSPS) is 12.6. The molecule has 0 saturated heterocycles. The summed E-state index contributed by atoms with van der Waals surface area (Å²) in [5.74, 6) is 0.254. The van der Waals surface area contributed by atoms with E-state index >= 15 is 0 Å². The van der Waals surface area contributed by atoms with Gasteiger partial charge in [0.2, 0.25) is 0 Å². The third-order valence-corrected chi connectivity index (χ3v) is 3.90. The van der Waals surface area contributed by atoms with Crippen molar-refractivity contribution >= 4 is 33.4 Å². The lowest BCUT2D eigenvalue weighted by Crippen LogP contribution is -2.32. The van der Waals surface area contributed by atoms with E-state index in [0.29, 0.717) is 18.0 Å². The Morgan fingerprint density at radius 3 is 2.71 bits per heavy atom. The van der Waals surface area contributed by atoms with Gasteiger partial charge in [0, 0.05) is 11.0 Å². The van der Waals surface area contributed by atoms with Crippen LogP contribution in [0.2, 0.25) is 0 Å². The van der Waals surface area contributed by atoms with Crippen LogP contribution in [0.5, 0.6) is 0 Å². The van der Waals surface area contributed by atoms with E-state index in [1.165, 1.54) is 0 Å². The molecule has 0 aliphatic rings. The van der Waals surface area contributed by atoms with Crippen LogP contribution in [-0.4, -0.2) is 17.8 Å². The number of aryl methyl sites for hydroxylation is 1. The molecule has 94 valence electrons. The molecule has 1 aromatic carbocycles. The Balaban J connectivity index is 2.67. The highest BCUT2D eigenvalue weighted by molar-refractivity contribution is 9.10. The molecule has 1 unspecified atom stereocenters. The van der Waals surface area contributed by atoms with Crippen molar-refractivity contribution in [1.29, 1.82) is 0 Å². The molecule has 1 amide bonds. The van der Waals surface area contributed by atoms with E-state index in [9.17, 15) is 4.79 Å². The number of hydrogen-bond acceptors (Lipinski definition) is 1. The highest BCUT2D eigenvalue weighted by Crippen LogP contribution is 2.18. The third kappa shape index (κ3) is 4.32. The second kappa shape index (κ2) is 6.41. The van der Waals surface area contributed by atoms with Crippen molar-refractivity contribution in [3.8, 4) is 0 Å². The van der Waals surface area contributed by atoms with Gasteiger partial charge in [0.15, 0.2) is 0 Å². The van der Waals surface area contributed by atoms with Gasteiger partial charge in [0.05, 0.1) is 10.9 Å². The van der Waals surface area contributed by atoms with Crippen molar-refractivity contribution in [3.05, 3.63) is 33.8 Å². The number of carbonyl (C=O) groups excluding carboxylic acids is 1. The highest BCUT2D eigenvalue weighted by Gasteiger charge is 2.14. The third-order valence-electron chi connectivity index (χ3n) is 2.55. The van der Waals surface area contributed by atoms with Crippen LogP contribution >= 0.6 is 27.5 Å². The first-order chi connectivity index (χ1) is 7.91. The summed E-state index contributed by atoms with van der Waals surface area (Å²) in [6.07, 6.45) is 0. The van der Waals surface area contributed by atoms with Crippen molar-refractivity contribution in [1.82, 2.24) is 5.32 Å². The smallest absolute Gasteiger partial charge is 0.252 e. The molecule has 0 aliphatic carbocycles. The largest absolute Gasteiger partial charge is 0.351 e. The molecule has 0 spiro atoms. The van der Waals surface area contributed by atoms with Gasteiger partial charge in [-0.1, -0.05) is 25.5 Å². The van der Waals surface area contributed by atoms with Crippen LogP contribution in [0.25, 0.3) is 0 Å². The second-order valence-corrected chi connectivity index (χ2v) is 5.87. The summed E-state index contributed by atoms with van der Waals surface area (Å²) in [4.78, 5) is 11.9. The Bertz CT molecular complexity index is 406. The molecule has 0 fully saturated rings. The summed E-state index contributed by atoms with van der Waals surface area (Å²) in [5.41, 5.74) is 1.71. The standard InChI is InChI=1S/C13H17BrClNO/c1-8(2)12(15)7-16-13(17)10-6-9(3)4-5-11(10)14/h4-6,8,12H,7H2,1-3H3,(H,16,17). The molecule has 0 saturated carbocycles. The maximum absolute atomic E-state index is 11.9. The summed E-state index contributed by atoms with van der Waals surface area (Å²) in [5, 5.41) is 2.81. The lowest BCUT2D eigenvalue weighted by Gasteiger charge is -2.14. The topological polar surface area (TPSA) is 29.1 Å². The molecule has 0 radical (unpaired) electrons. The van der Waals surface area contributed by atoms with Gasteiger partial charge < -0.3 is 5.32 Å². The Morgan fingerprint density at radius 2 is 2.12 bits per heavy atom. The number of alkyl halides is 1. The zero-order chi connectivity index (χ0) is 13.0. The minimum absolute atomic E-state index is 0.0393. The van der Waals surface area contributed by atoms with Crippen molar-refractivity contribution in [2.24, 2.45) is 5.92 Å². The monoisotopic (exact) mass is 317 g/mol. The van der Waals surface area contributed by atoms with Gasteiger partial charge in [0.1, 0.15) is 0 Å². The summed E-state index contributed by atoms with van der Waals surface area (Å²) in [6.45, 7) is 6.51. The molecule has 0 heterocycles. The van der Waals surface area contributed by atoms with Gasteiger partial charge in [0.25, 0.3) is 5.91 Å². The fourth-order valence-corrected chi connectivity index (χ4v) is 1.84. The zero-order valence-corrected chi connectivity index (χ0v) is 12.6. The molecule has 0 aliphatic heterocycles. The Kier molecular flexibility index (Phi) is 5.47. The highest BCUT2D eigenvalue weighted by atomic mass is 79.9. The molecule has 1 rings (SSSR count). The minimum Gasteiger partial charge on any atom is -0.351 e. The van der Waals surface area contributed by atoms with Crippen LogP contribution in [0.15, 0.2) is 22.7 Å². The van der Waals surface area contributed by atoms with E-state index in [-0.39, 0.29) is 11.3 Å². The number of halogens is 2. The maximum Gasteiger partial charge on any atom is 0.252 e. The van der Waals surface area contributed by atoms with Crippen molar-refractivity contribution in [3.63, 3.8) is 0 Å². The predicted molar refractivity (Wildman–Crippen MR) is 75.7 cm³/mol. The van der Waals surface area contributed by atoms with Crippen LogP contribution < -0.4 is 5.32 Å². The zero-order valence-electron chi connectivity index (χ0n) is 10.3. The van der Waals surface area contributed by atoms with Crippen molar-refractivity contribution in [2.45, 2.75) is 26.1 Å². The fourth-order valence-electron chi connectivity index (χ4n) is 1.33. The summed E-state index contributed by atoms with van der Waals surface area (Å²) in [6, 6.07) is 5.70. The molecule has 0 aromatic heterocycles. The summed E-state index contributed by atoms with van der Waals surface area (Å²) >= 11 is 9.47. The molecule has 1 aromatic rings. The summed E-state index contributed by atoms with van der Waals surface area (Å²) < 4.78 is 0.802. The average molecular weight is 319 g/mol. The number of rotatable bonds is 4. The van der Waals surface area contributed by atoms with Gasteiger partial charge in [-0.3, -0.25) is 4.79 Å².